The molecule has 2 aliphatic rings. The highest BCUT2D eigenvalue weighted by atomic mass is 15.2. The number of nitrogens with one attached hydrogen (secondary N) is 2. The van der Waals surface area contributed by atoms with Crippen molar-refractivity contribution in [2.75, 3.05) is 32.7 Å². The van der Waals surface area contributed by atoms with Crippen molar-refractivity contribution >= 4 is 0 Å². The Labute approximate surface area is 87.2 Å². The summed E-state index contributed by atoms with van der Waals surface area (Å²) in [6.45, 7) is 8.40. The molecule has 0 spiro atoms. The third kappa shape index (κ3) is 2.69. The molecule has 14 heavy (non-hydrogen) atoms. The molecule has 3 nitrogen and oxygen atoms in total. The molecule has 2 rings (SSSR count). The molecular weight excluding hydrogens is 174 g/mol. The molecule has 0 aromatic carbocycles. The van der Waals surface area contributed by atoms with Gasteiger partial charge in [-0.3, -0.25) is 0 Å². The van der Waals surface area contributed by atoms with Crippen LogP contribution in [0.25, 0.3) is 0 Å². The van der Waals surface area contributed by atoms with Crippen LogP contribution in [0.5, 0.6) is 0 Å². The molecule has 0 aromatic heterocycles. The summed E-state index contributed by atoms with van der Waals surface area (Å²) >= 11 is 0. The Hall–Kier alpha value is -0.120. The van der Waals surface area contributed by atoms with Gasteiger partial charge >= 0.3 is 0 Å². The van der Waals surface area contributed by atoms with Crippen LogP contribution in [0, 0.1) is 0 Å². The maximum absolute atomic E-state index is 3.78. The smallest absolute Gasteiger partial charge is 0.0207 e. The van der Waals surface area contributed by atoms with Gasteiger partial charge in [-0.15, -0.1) is 0 Å². The summed E-state index contributed by atoms with van der Waals surface area (Å²) in [7, 11) is 0. The van der Waals surface area contributed by atoms with E-state index in [4.69, 9.17) is 0 Å². The maximum Gasteiger partial charge on any atom is 0.0207 e. The van der Waals surface area contributed by atoms with E-state index in [1.807, 2.05) is 0 Å². The zero-order valence-electron chi connectivity index (χ0n) is 9.26. The predicted octanol–water partition coefficient (Wildman–Crippen LogP) is 0.422. The first-order valence-corrected chi connectivity index (χ1v) is 6.07. The number of rotatable bonds is 3. The predicted molar refractivity (Wildman–Crippen MR) is 59.5 cm³/mol. The van der Waals surface area contributed by atoms with E-state index in [1.54, 1.807) is 0 Å². The van der Waals surface area contributed by atoms with Gasteiger partial charge in [0.25, 0.3) is 0 Å². The van der Waals surface area contributed by atoms with Crippen LogP contribution >= 0.6 is 0 Å². The van der Waals surface area contributed by atoms with Crippen LogP contribution in [-0.2, 0) is 0 Å². The third-order valence-electron chi connectivity index (χ3n) is 3.48. The van der Waals surface area contributed by atoms with E-state index >= 15 is 0 Å². The molecule has 0 aromatic rings. The van der Waals surface area contributed by atoms with Gasteiger partial charge in [0.2, 0.25) is 0 Å². The summed E-state index contributed by atoms with van der Waals surface area (Å²) < 4.78 is 0. The van der Waals surface area contributed by atoms with Crippen molar-refractivity contribution in [3.05, 3.63) is 0 Å². The summed E-state index contributed by atoms with van der Waals surface area (Å²) in [6, 6.07) is 1.48. The van der Waals surface area contributed by atoms with Crippen molar-refractivity contribution in [2.45, 2.75) is 38.3 Å². The zero-order valence-corrected chi connectivity index (χ0v) is 9.26. The number of likely N-dealkylation sites (N-methyl/N-ethyl adjacent to an activating group) is 1. The molecule has 2 unspecified atom stereocenters. The fourth-order valence-electron chi connectivity index (χ4n) is 2.61. The molecule has 2 heterocycles. The summed E-state index contributed by atoms with van der Waals surface area (Å²) in [6.07, 6.45) is 4.04. The van der Waals surface area contributed by atoms with Gasteiger partial charge in [0.15, 0.2) is 0 Å². The Morgan fingerprint density at radius 2 is 2.29 bits per heavy atom. The van der Waals surface area contributed by atoms with E-state index in [0.717, 1.165) is 12.1 Å². The molecule has 0 radical (unpaired) electrons. The highest BCUT2D eigenvalue weighted by molar-refractivity contribution is 4.85. The van der Waals surface area contributed by atoms with E-state index in [1.165, 1.54) is 52.0 Å². The van der Waals surface area contributed by atoms with Crippen molar-refractivity contribution in [3.63, 3.8) is 0 Å². The number of nitrogens with zero attached hydrogens (tertiary/aromatic N) is 1. The van der Waals surface area contributed by atoms with E-state index < -0.39 is 0 Å². The Balaban J connectivity index is 1.73. The molecule has 0 saturated carbocycles. The second-order valence-corrected chi connectivity index (χ2v) is 4.59. The van der Waals surface area contributed by atoms with Crippen molar-refractivity contribution in [3.8, 4) is 0 Å². The molecule has 0 amide bonds. The Kier molecular flexibility index (Phi) is 3.79. The number of piperidine rings is 1. The first kappa shape index (κ1) is 10.4. The van der Waals surface area contributed by atoms with Gasteiger partial charge in [0.1, 0.15) is 0 Å². The average molecular weight is 197 g/mol. The van der Waals surface area contributed by atoms with Crippen molar-refractivity contribution in [1.29, 1.82) is 0 Å². The van der Waals surface area contributed by atoms with Gasteiger partial charge in [-0.2, -0.15) is 0 Å². The lowest BCUT2D eigenvalue weighted by Gasteiger charge is -2.33. The Bertz CT molecular complexity index is 166. The maximum atomic E-state index is 3.78. The van der Waals surface area contributed by atoms with Crippen LogP contribution < -0.4 is 10.6 Å². The SMILES string of the molecule is CCN1CCCC(NC2CCNC2)C1. The van der Waals surface area contributed by atoms with Crippen LogP contribution in [0.1, 0.15) is 26.2 Å². The quantitative estimate of drug-likeness (QED) is 0.687. The molecular formula is C11H23N3. The fraction of sp³-hybridized carbons (Fsp3) is 1.00. The highest BCUT2D eigenvalue weighted by Crippen LogP contribution is 2.11. The van der Waals surface area contributed by atoms with Crippen LogP contribution in [0.2, 0.25) is 0 Å². The van der Waals surface area contributed by atoms with Gasteiger partial charge in [-0.25, -0.2) is 0 Å². The van der Waals surface area contributed by atoms with Gasteiger partial charge < -0.3 is 15.5 Å². The molecule has 82 valence electrons. The minimum Gasteiger partial charge on any atom is -0.315 e. The largest absolute Gasteiger partial charge is 0.315 e. The first-order chi connectivity index (χ1) is 6.88. The standard InChI is InChI=1S/C11H23N3/c1-2-14-7-3-4-11(9-14)13-10-5-6-12-8-10/h10-13H,2-9H2,1H3. The lowest BCUT2D eigenvalue weighted by Crippen LogP contribution is -2.49. The molecule has 0 bridgehead atoms. The summed E-state index contributed by atoms with van der Waals surface area (Å²) in [4.78, 5) is 2.56. The summed E-state index contributed by atoms with van der Waals surface area (Å²) in [5.41, 5.74) is 0. The first-order valence-electron chi connectivity index (χ1n) is 6.07. The topological polar surface area (TPSA) is 27.3 Å². The average Bonchev–Trinajstić information content (AvgIpc) is 2.71. The lowest BCUT2D eigenvalue weighted by molar-refractivity contribution is 0.192. The third-order valence-corrected chi connectivity index (χ3v) is 3.48. The fourth-order valence-corrected chi connectivity index (χ4v) is 2.61. The number of likely N-dealkylation sites (tertiary alicyclic amines) is 1. The molecule has 2 N–H and O–H groups in total. The highest BCUT2D eigenvalue weighted by Gasteiger charge is 2.22. The zero-order chi connectivity index (χ0) is 9.80. The molecule has 3 heteroatoms. The molecule has 2 atom stereocenters. The number of hydrogen-bond donors (Lipinski definition) is 2. The minimum absolute atomic E-state index is 0.733. The monoisotopic (exact) mass is 197 g/mol. The Morgan fingerprint density at radius 1 is 1.36 bits per heavy atom. The van der Waals surface area contributed by atoms with Gasteiger partial charge in [-0.05, 0) is 38.9 Å². The summed E-state index contributed by atoms with van der Waals surface area (Å²) in [5.74, 6) is 0. The van der Waals surface area contributed by atoms with Crippen molar-refractivity contribution in [2.24, 2.45) is 0 Å². The minimum atomic E-state index is 0.733. The van der Waals surface area contributed by atoms with Crippen LogP contribution in [0.4, 0.5) is 0 Å². The van der Waals surface area contributed by atoms with E-state index in [2.05, 4.69) is 22.5 Å². The second-order valence-electron chi connectivity index (χ2n) is 4.59. The van der Waals surface area contributed by atoms with Gasteiger partial charge in [0.05, 0.1) is 0 Å². The number of hydrogen-bond acceptors (Lipinski definition) is 3. The van der Waals surface area contributed by atoms with Gasteiger partial charge in [0, 0.05) is 25.2 Å². The summed E-state index contributed by atoms with van der Waals surface area (Å²) in [5, 5.41) is 7.19. The normalized spacial score (nSPS) is 34.9. The van der Waals surface area contributed by atoms with Crippen LogP contribution in [-0.4, -0.2) is 49.7 Å². The molecule has 2 saturated heterocycles. The van der Waals surface area contributed by atoms with Crippen molar-refractivity contribution < 1.29 is 0 Å². The molecule has 2 aliphatic heterocycles. The van der Waals surface area contributed by atoms with Crippen molar-refractivity contribution in [1.82, 2.24) is 15.5 Å². The van der Waals surface area contributed by atoms with E-state index in [0.29, 0.717) is 0 Å². The second kappa shape index (κ2) is 5.10. The molecule has 2 fully saturated rings. The molecule has 0 aliphatic carbocycles. The van der Waals surface area contributed by atoms with Crippen LogP contribution in [0.3, 0.4) is 0 Å². The lowest BCUT2D eigenvalue weighted by atomic mass is 10.0. The van der Waals surface area contributed by atoms with E-state index in [-0.39, 0.29) is 0 Å². The van der Waals surface area contributed by atoms with Crippen LogP contribution in [0.15, 0.2) is 0 Å². The van der Waals surface area contributed by atoms with E-state index in [9.17, 15) is 0 Å². The van der Waals surface area contributed by atoms with Gasteiger partial charge in [-0.1, -0.05) is 6.92 Å². The Morgan fingerprint density at radius 3 is 3.00 bits per heavy atom.